The summed E-state index contributed by atoms with van der Waals surface area (Å²) in [4.78, 5) is 14.0. The lowest BCUT2D eigenvalue weighted by atomic mass is 10.2. The van der Waals surface area contributed by atoms with Gasteiger partial charge in [0.25, 0.3) is 0 Å². The minimum Gasteiger partial charge on any atom is -0.331 e. The fraction of sp³-hybridized carbons (Fsp3) is 0.333. The molecule has 0 radical (unpaired) electrons. The van der Waals surface area contributed by atoms with E-state index < -0.39 is 10.0 Å². The maximum absolute atomic E-state index is 12.4. The van der Waals surface area contributed by atoms with Crippen LogP contribution >= 0.6 is 0 Å². The number of amides is 1. The van der Waals surface area contributed by atoms with Crippen LogP contribution in [0.5, 0.6) is 0 Å². The van der Waals surface area contributed by atoms with Gasteiger partial charge in [-0.3, -0.25) is 9.89 Å². The summed E-state index contributed by atoms with van der Waals surface area (Å²) in [6.45, 7) is 4.19. The van der Waals surface area contributed by atoms with Crippen molar-refractivity contribution in [3.63, 3.8) is 0 Å². The Hall–Kier alpha value is -2.19. The average molecular weight is 334 g/mol. The number of aryl methyl sites for hydroxylation is 2. The van der Waals surface area contributed by atoms with Crippen LogP contribution in [-0.2, 0) is 27.9 Å². The van der Waals surface area contributed by atoms with Gasteiger partial charge in [0.2, 0.25) is 15.9 Å². The maximum Gasteiger partial charge on any atom is 0.241 e. The molecular formula is C15H18N4O3S. The SMILES string of the molecule is Cc1ccc(C)c(S(=O)(=O)NCC(=O)N2Cc3cn[nH]c3C2)c1. The summed E-state index contributed by atoms with van der Waals surface area (Å²) in [7, 11) is -3.71. The molecule has 0 saturated heterocycles. The minimum atomic E-state index is -3.71. The van der Waals surface area contributed by atoms with Gasteiger partial charge in [-0.05, 0) is 31.0 Å². The lowest BCUT2D eigenvalue weighted by Gasteiger charge is -2.16. The number of carbonyl (C=O) groups excluding carboxylic acids is 1. The fourth-order valence-electron chi connectivity index (χ4n) is 2.58. The highest BCUT2D eigenvalue weighted by atomic mass is 32.2. The van der Waals surface area contributed by atoms with Crippen molar-refractivity contribution in [2.75, 3.05) is 6.54 Å². The van der Waals surface area contributed by atoms with Crippen LogP contribution in [0.25, 0.3) is 0 Å². The predicted octanol–water partition coefficient (Wildman–Crippen LogP) is 0.847. The molecule has 0 spiro atoms. The van der Waals surface area contributed by atoms with Crippen LogP contribution in [0.4, 0.5) is 0 Å². The summed E-state index contributed by atoms with van der Waals surface area (Å²) < 4.78 is 27.2. The topological polar surface area (TPSA) is 95.2 Å². The van der Waals surface area contributed by atoms with Crippen LogP contribution in [0.2, 0.25) is 0 Å². The van der Waals surface area contributed by atoms with Crippen LogP contribution in [0, 0.1) is 13.8 Å². The number of rotatable bonds is 4. The maximum atomic E-state index is 12.4. The molecular weight excluding hydrogens is 316 g/mol. The first-order chi connectivity index (χ1) is 10.9. The van der Waals surface area contributed by atoms with Crippen molar-refractivity contribution in [1.82, 2.24) is 19.8 Å². The number of hydrogen-bond donors (Lipinski definition) is 2. The second-order valence-corrected chi connectivity index (χ2v) is 7.45. The summed E-state index contributed by atoms with van der Waals surface area (Å²) >= 11 is 0. The number of nitrogens with zero attached hydrogens (tertiary/aromatic N) is 2. The van der Waals surface area contributed by atoms with Crippen LogP contribution in [0.1, 0.15) is 22.4 Å². The van der Waals surface area contributed by atoms with Gasteiger partial charge in [-0.25, -0.2) is 13.1 Å². The molecule has 0 unspecified atom stereocenters. The van der Waals surface area contributed by atoms with Crippen LogP contribution < -0.4 is 4.72 Å². The quantitative estimate of drug-likeness (QED) is 0.866. The number of nitrogens with one attached hydrogen (secondary N) is 2. The van der Waals surface area contributed by atoms with Crippen molar-refractivity contribution >= 4 is 15.9 Å². The van der Waals surface area contributed by atoms with E-state index in [1.165, 1.54) is 0 Å². The van der Waals surface area contributed by atoms with Gasteiger partial charge in [0.15, 0.2) is 0 Å². The first kappa shape index (κ1) is 15.7. The molecule has 0 aliphatic carbocycles. The highest BCUT2D eigenvalue weighted by molar-refractivity contribution is 7.89. The van der Waals surface area contributed by atoms with Gasteiger partial charge in [0, 0.05) is 12.1 Å². The smallest absolute Gasteiger partial charge is 0.241 e. The fourth-order valence-corrected chi connectivity index (χ4v) is 3.88. The van der Waals surface area contributed by atoms with E-state index >= 15 is 0 Å². The zero-order valence-electron chi connectivity index (χ0n) is 13.0. The van der Waals surface area contributed by atoms with Gasteiger partial charge in [0.05, 0.1) is 29.9 Å². The van der Waals surface area contributed by atoms with E-state index in [2.05, 4.69) is 14.9 Å². The Morgan fingerprint density at radius 1 is 1.35 bits per heavy atom. The number of benzene rings is 1. The highest BCUT2D eigenvalue weighted by Crippen LogP contribution is 2.20. The Kier molecular flexibility index (Phi) is 3.95. The van der Waals surface area contributed by atoms with Gasteiger partial charge >= 0.3 is 0 Å². The molecule has 1 aliphatic rings. The summed E-state index contributed by atoms with van der Waals surface area (Å²) in [5.74, 6) is -0.261. The molecule has 0 fully saturated rings. The zero-order chi connectivity index (χ0) is 16.6. The first-order valence-electron chi connectivity index (χ1n) is 7.22. The number of hydrogen-bond acceptors (Lipinski definition) is 4. The lowest BCUT2D eigenvalue weighted by molar-refractivity contribution is -0.130. The van der Waals surface area contributed by atoms with E-state index in [9.17, 15) is 13.2 Å². The zero-order valence-corrected chi connectivity index (χ0v) is 13.8. The average Bonchev–Trinajstić information content (AvgIpc) is 3.08. The third-order valence-electron chi connectivity index (χ3n) is 3.92. The van der Waals surface area contributed by atoms with Crippen molar-refractivity contribution < 1.29 is 13.2 Å². The molecule has 23 heavy (non-hydrogen) atoms. The normalized spacial score (nSPS) is 14.1. The number of fused-ring (bicyclic) bond motifs is 1. The molecule has 122 valence electrons. The predicted molar refractivity (Wildman–Crippen MR) is 83.9 cm³/mol. The van der Waals surface area contributed by atoms with Crippen LogP contribution in [0.15, 0.2) is 29.3 Å². The van der Waals surface area contributed by atoms with Crippen LogP contribution in [-0.4, -0.2) is 36.0 Å². The van der Waals surface area contributed by atoms with E-state index in [-0.39, 0.29) is 17.3 Å². The largest absolute Gasteiger partial charge is 0.331 e. The summed E-state index contributed by atoms with van der Waals surface area (Å²) in [5.41, 5.74) is 3.37. The summed E-state index contributed by atoms with van der Waals surface area (Å²) in [6, 6.07) is 5.21. The van der Waals surface area contributed by atoms with E-state index in [0.717, 1.165) is 16.8 Å². The van der Waals surface area contributed by atoms with Crippen molar-refractivity contribution in [1.29, 1.82) is 0 Å². The summed E-state index contributed by atoms with van der Waals surface area (Å²) in [6.07, 6.45) is 1.68. The first-order valence-corrected chi connectivity index (χ1v) is 8.71. The Labute approximate surface area is 134 Å². The van der Waals surface area contributed by atoms with Crippen molar-refractivity contribution in [2.45, 2.75) is 31.8 Å². The Balaban J connectivity index is 1.66. The lowest BCUT2D eigenvalue weighted by Crippen LogP contribution is -2.37. The monoisotopic (exact) mass is 334 g/mol. The molecule has 0 bridgehead atoms. The van der Waals surface area contributed by atoms with Crippen LogP contribution in [0.3, 0.4) is 0 Å². The molecule has 3 rings (SSSR count). The molecule has 2 aromatic rings. The van der Waals surface area contributed by atoms with Gasteiger partial charge in [-0.2, -0.15) is 5.10 Å². The summed E-state index contributed by atoms with van der Waals surface area (Å²) in [5, 5.41) is 6.74. The highest BCUT2D eigenvalue weighted by Gasteiger charge is 2.26. The Morgan fingerprint density at radius 3 is 2.87 bits per heavy atom. The Bertz CT molecular complexity index is 837. The van der Waals surface area contributed by atoms with E-state index in [4.69, 9.17) is 0 Å². The van der Waals surface area contributed by atoms with Crippen molar-refractivity contribution in [3.8, 4) is 0 Å². The standard InChI is InChI=1S/C15H18N4O3S/c1-10-3-4-11(2)14(5-10)23(21,22)17-7-15(20)19-8-12-6-16-18-13(12)9-19/h3-6,17H,7-9H2,1-2H3,(H,16,18). The molecule has 1 amide bonds. The molecule has 2 heterocycles. The molecule has 1 aromatic heterocycles. The van der Waals surface area contributed by atoms with Crippen molar-refractivity contribution in [2.24, 2.45) is 0 Å². The number of sulfonamides is 1. The third-order valence-corrected chi connectivity index (χ3v) is 5.46. The number of H-pyrrole nitrogens is 1. The molecule has 1 aromatic carbocycles. The second kappa shape index (κ2) is 5.78. The number of aromatic nitrogens is 2. The van der Waals surface area contributed by atoms with E-state index in [0.29, 0.717) is 18.7 Å². The van der Waals surface area contributed by atoms with Crippen molar-refractivity contribution in [3.05, 3.63) is 46.8 Å². The second-order valence-electron chi connectivity index (χ2n) is 5.72. The molecule has 2 N–H and O–H groups in total. The number of aromatic amines is 1. The van der Waals surface area contributed by atoms with Gasteiger partial charge < -0.3 is 4.90 Å². The molecule has 0 saturated carbocycles. The molecule has 1 aliphatic heterocycles. The van der Waals surface area contributed by atoms with Gasteiger partial charge in [0.1, 0.15) is 0 Å². The number of carbonyl (C=O) groups is 1. The van der Waals surface area contributed by atoms with E-state index in [1.54, 1.807) is 30.2 Å². The minimum absolute atomic E-state index is 0.209. The van der Waals surface area contributed by atoms with E-state index in [1.807, 2.05) is 13.0 Å². The van der Waals surface area contributed by atoms with Gasteiger partial charge in [-0.1, -0.05) is 12.1 Å². The van der Waals surface area contributed by atoms with Gasteiger partial charge in [-0.15, -0.1) is 0 Å². The molecule has 0 atom stereocenters. The Morgan fingerprint density at radius 2 is 2.13 bits per heavy atom. The third kappa shape index (κ3) is 3.13. The molecule has 7 nitrogen and oxygen atoms in total. The molecule has 8 heteroatoms.